The summed E-state index contributed by atoms with van der Waals surface area (Å²) in [6.45, 7) is 0. The van der Waals surface area contributed by atoms with Crippen molar-refractivity contribution in [1.82, 2.24) is 4.98 Å². The third-order valence-corrected chi connectivity index (χ3v) is 3.74. The number of thiazole rings is 1. The van der Waals surface area contributed by atoms with Gasteiger partial charge in [0, 0.05) is 29.8 Å². The fourth-order valence-corrected chi connectivity index (χ4v) is 2.65. The van der Waals surface area contributed by atoms with Crippen molar-refractivity contribution in [2.45, 2.75) is 19.3 Å². The van der Waals surface area contributed by atoms with Crippen LogP contribution in [-0.4, -0.2) is 16.8 Å². The van der Waals surface area contributed by atoms with Crippen molar-refractivity contribution in [2.24, 2.45) is 0 Å². The highest BCUT2D eigenvalue weighted by Crippen LogP contribution is 2.21. The Bertz CT molecular complexity index is 527. The van der Waals surface area contributed by atoms with E-state index in [0.29, 0.717) is 23.9 Å². The van der Waals surface area contributed by atoms with Crippen LogP contribution in [0.1, 0.15) is 23.3 Å². The van der Waals surface area contributed by atoms with Gasteiger partial charge in [0.05, 0.1) is 0 Å². The minimum absolute atomic E-state index is 0.0266. The largest absolute Gasteiger partial charge is 0.302 e. The van der Waals surface area contributed by atoms with Crippen LogP contribution in [0.15, 0.2) is 36.5 Å². The monoisotopic (exact) mass is 294 g/mol. The van der Waals surface area contributed by atoms with Crippen molar-refractivity contribution in [3.63, 3.8) is 0 Å². The lowest BCUT2D eigenvalue weighted by molar-refractivity contribution is -0.116. The first-order chi connectivity index (χ1) is 9.28. The summed E-state index contributed by atoms with van der Waals surface area (Å²) in [5.74, 6) is 0.478. The van der Waals surface area contributed by atoms with E-state index >= 15 is 0 Å². The van der Waals surface area contributed by atoms with Gasteiger partial charge in [-0.15, -0.1) is 22.9 Å². The molecule has 0 radical (unpaired) electrons. The second-order valence-corrected chi connectivity index (χ2v) is 5.63. The molecule has 1 aromatic heterocycles. The number of halogens is 1. The summed E-state index contributed by atoms with van der Waals surface area (Å²) in [5.41, 5.74) is 1.24. The normalized spacial score (nSPS) is 10.4. The molecule has 0 aliphatic heterocycles. The van der Waals surface area contributed by atoms with E-state index in [2.05, 4.69) is 22.4 Å². The van der Waals surface area contributed by atoms with Gasteiger partial charge in [-0.3, -0.25) is 4.79 Å². The number of aromatic nitrogens is 1. The SMILES string of the molecule is O=C(CCCCl)Nc1ncc(Cc2ccccc2)s1. The molecule has 0 spiro atoms. The Balaban J connectivity index is 1.90. The highest BCUT2D eigenvalue weighted by atomic mass is 35.5. The van der Waals surface area contributed by atoms with E-state index in [1.54, 1.807) is 0 Å². The molecule has 1 heterocycles. The summed E-state index contributed by atoms with van der Waals surface area (Å²) in [6.07, 6.45) is 3.79. The smallest absolute Gasteiger partial charge is 0.226 e. The molecule has 1 amide bonds. The van der Waals surface area contributed by atoms with Crippen LogP contribution in [0.2, 0.25) is 0 Å². The van der Waals surface area contributed by atoms with Gasteiger partial charge in [0.2, 0.25) is 5.91 Å². The van der Waals surface area contributed by atoms with Gasteiger partial charge in [0.15, 0.2) is 5.13 Å². The molecule has 100 valence electrons. The first-order valence-corrected chi connectivity index (χ1v) is 7.47. The van der Waals surface area contributed by atoms with Gasteiger partial charge in [-0.2, -0.15) is 0 Å². The molecule has 0 unspecified atom stereocenters. The van der Waals surface area contributed by atoms with Gasteiger partial charge >= 0.3 is 0 Å². The average molecular weight is 295 g/mol. The molecule has 1 aromatic carbocycles. The molecule has 3 nitrogen and oxygen atoms in total. The van der Waals surface area contributed by atoms with Gasteiger partial charge < -0.3 is 5.32 Å². The molecule has 2 aromatic rings. The predicted molar refractivity (Wildman–Crippen MR) is 79.9 cm³/mol. The second-order valence-electron chi connectivity index (χ2n) is 4.13. The van der Waals surface area contributed by atoms with Crippen LogP contribution in [0.4, 0.5) is 5.13 Å². The Hall–Kier alpha value is -1.39. The highest BCUT2D eigenvalue weighted by Gasteiger charge is 2.06. The number of nitrogens with zero attached hydrogens (tertiary/aromatic N) is 1. The lowest BCUT2D eigenvalue weighted by atomic mass is 10.1. The zero-order valence-corrected chi connectivity index (χ0v) is 12.0. The van der Waals surface area contributed by atoms with Gasteiger partial charge in [-0.05, 0) is 12.0 Å². The zero-order chi connectivity index (χ0) is 13.5. The van der Waals surface area contributed by atoms with E-state index in [0.717, 1.165) is 11.3 Å². The molecule has 0 atom stereocenters. The molecule has 2 rings (SSSR count). The van der Waals surface area contributed by atoms with E-state index < -0.39 is 0 Å². The number of benzene rings is 1. The summed E-state index contributed by atoms with van der Waals surface area (Å²) >= 11 is 7.06. The number of rotatable bonds is 6. The van der Waals surface area contributed by atoms with E-state index in [1.807, 2.05) is 24.4 Å². The second kappa shape index (κ2) is 7.26. The van der Waals surface area contributed by atoms with Crippen molar-refractivity contribution in [2.75, 3.05) is 11.2 Å². The third-order valence-electron chi connectivity index (χ3n) is 2.56. The molecule has 19 heavy (non-hydrogen) atoms. The van der Waals surface area contributed by atoms with Crippen molar-refractivity contribution >= 4 is 34.0 Å². The van der Waals surface area contributed by atoms with Crippen molar-refractivity contribution < 1.29 is 4.79 Å². The maximum Gasteiger partial charge on any atom is 0.226 e. The van der Waals surface area contributed by atoms with Crippen LogP contribution < -0.4 is 5.32 Å². The molecule has 5 heteroatoms. The molecule has 0 fully saturated rings. The summed E-state index contributed by atoms with van der Waals surface area (Å²) in [6, 6.07) is 10.2. The number of nitrogens with one attached hydrogen (secondary N) is 1. The number of amides is 1. The number of carbonyl (C=O) groups is 1. The molecular weight excluding hydrogens is 280 g/mol. The molecule has 0 aliphatic rings. The Kier molecular flexibility index (Phi) is 5.36. The number of anilines is 1. The number of alkyl halides is 1. The lowest BCUT2D eigenvalue weighted by Crippen LogP contribution is -2.10. The average Bonchev–Trinajstić information content (AvgIpc) is 2.85. The third kappa shape index (κ3) is 4.65. The van der Waals surface area contributed by atoms with E-state index in [4.69, 9.17) is 11.6 Å². The zero-order valence-electron chi connectivity index (χ0n) is 10.4. The van der Waals surface area contributed by atoms with Gasteiger partial charge in [0.25, 0.3) is 0 Å². The Morgan fingerprint density at radius 2 is 2.11 bits per heavy atom. The van der Waals surface area contributed by atoms with Crippen LogP contribution >= 0.6 is 22.9 Å². The summed E-state index contributed by atoms with van der Waals surface area (Å²) in [4.78, 5) is 16.9. The summed E-state index contributed by atoms with van der Waals surface area (Å²) in [7, 11) is 0. The van der Waals surface area contributed by atoms with Crippen LogP contribution in [0.25, 0.3) is 0 Å². The number of hydrogen-bond donors (Lipinski definition) is 1. The van der Waals surface area contributed by atoms with Crippen molar-refractivity contribution in [3.8, 4) is 0 Å². The number of hydrogen-bond acceptors (Lipinski definition) is 3. The first-order valence-electron chi connectivity index (χ1n) is 6.12. The summed E-state index contributed by atoms with van der Waals surface area (Å²) in [5, 5.41) is 3.45. The standard InChI is InChI=1S/C14H15ClN2OS/c15-8-4-7-13(18)17-14-16-10-12(19-14)9-11-5-2-1-3-6-11/h1-3,5-6,10H,4,7-9H2,(H,16,17,18). The van der Waals surface area contributed by atoms with E-state index in [1.165, 1.54) is 16.9 Å². The first kappa shape index (κ1) is 14.0. The molecule has 0 saturated heterocycles. The van der Waals surface area contributed by atoms with Gasteiger partial charge in [-0.25, -0.2) is 4.98 Å². The topological polar surface area (TPSA) is 42.0 Å². The molecule has 0 bridgehead atoms. The minimum atomic E-state index is -0.0266. The predicted octanol–water partition coefficient (Wildman–Crippen LogP) is 3.69. The fourth-order valence-electron chi connectivity index (χ4n) is 1.65. The van der Waals surface area contributed by atoms with E-state index in [-0.39, 0.29) is 5.91 Å². The maximum absolute atomic E-state index is 11.5. The quantitative estimate of drug-likeness (QED) is 0.826. The number of carbonyl (C=O) groups excluding carboxylic acids is 1. The van der Waals surface area contributed by atoms with Crippen LogP contribution in [0.3, 0.4) is 0 Å². The molecule has 0 aliphatic carbocycles. The van der Waals surface area contributed by atoms with Gasteiger partial charge in [0.1, 0.15) is 0 Å². The Morgan fingerprint density at radius 3 is 2.84 bits per heavy atom. The van der Waals surface area contributed by atoms with Crippen LogP contribution in [0.5, 0.6) is 0 Å². The van der Waals surface area contributed by atoms with Crippen LogP contribution in [-0.2, 0) is 11.2 Å². The molecule has 0 saturated carbocycles. The van der Waals surface area contributed by atoms with Crippen molar-refractivity contribution in [1.29, 1.82) is 0 Å². The minimum Gasteiger partial charge on any atom is -0.302 e. The van der Waals surface area contributed by atoms with Gasteiger partial charge in [-0.1, -0.05) is 30.3 Å². The Morgan fingerprint density at radius 1 is 1.32 bits per heavy atom. The summed E-state index contributed by atoms with van der Waals surface area (Å²) < 4.78 is 0. The molecule has 1 N–H and O–H groups in total. The fraction of sp³-hybridized carbons (Fsp3) is 0.286. The van der Waals surface area contributed by atoms with Crippen LogP contribution in [0, 0.1) is 0 Å². The lowest BCUT2D eigenvalue weighted by Gasteiger charge is -1.99. The van der Waals surface area contributed by atoms with Crippen molar-refractivity contribution in [3.05, 3.63) is 47.0 Å². The maximum atomic E-state index is 11.5. The Labute approximate surface area is 121 Å². The van der Waals surface area contributed by atoms with E-state index in [9.17, 15) is 4.79 Å². The molecular formula is C14H15ClN2OS. The highest BCUT2D eigenvalue weighted by molar-refractivity contribution is 7.15.